The van der Waals surface area contributed by atoms with Gasteiger partial charge in [0.1, 0.15) is 19.3 Å². The highest BCUT2D eigenvalue weighted by atomic mass is 31.2. The first-order valence-electron chi connectivity index (χ1n) is 22.8. The van der Waals surface area contributed by atoms with Crippen molar-refractivity contribution in [3.8, 4) is 0 Å². The summed E-state index contributed by atoms with van der Waals surface area (Å²) in [6, 6.07) is 0. The second-order valence-corrected chi connectivity index (χ2v) is 17.5. The zero-order valence-corrected chi connectivity index (χ0v) is 38.6. The van der Waals surface area contributed by atoms with Crippen molar-refractivity contribution in [3.63, 3.8) is 0 Å². The van der Waals surface area contributed by atoms with Crippen LogP contribution in [0.2, 0.25) is 0 Å². The molecule has 0 bridgehead atoms. The molecule has 0 aliphatic rings. The smallest absolute Gasteiger partial charge is 0.457 e. The molecule has 0 aromatic rings. The number of hydrogen-bond acceptors (Lipinski definition) is 6. The minimum atomic E-state index is -4.29. The maximum absolute atomic E-state index is 12.7. The van der Waals surface area contributed by atoms with E-state index < -0.39 is 13.9 Å². The van der Waals surface area contributed by atoms with E-state index >= 15 is 0 Å². The Balaban J connectivity index is 4.29. The molecular formula is C49H87NO7P+. The first-order valence-corrected chi connectivity index (χ1v) is 24.3. The number of quaternary nitrogens is 1. The molecule has 0 saturated carbocycles. The molecule has 0 aliphatic carbocycles. The zero-order valence-electron chi connectivity index (χ0n) is 37.8. The normalized spacial score (nSPS) is 14.5. The quantitative estimate of drug-likeness (QED) is 0.0216. The molecule has 0 amide bonds. The van der Waals surface area contributed by atoms with Gasteiger partial charge in [0.2, 0.25) is 0 Å². The van der Waals surface area contributed by atoms with Gasteiger partial charge in [0.05, 0.1) is 34.4 Å². The van der Waals surface area contributed by atoms with Crippen LogP contribution in [0.15, 0.2) is 85.1 Å². The summed E-state index contributed by atoms with van der Waals surface area (Å²) in [6.07, 6.45) is 54.8. The number of likely N-dealkylation sites (N-methyl/N-ethyl adjacent to an activating group) is 1. The molecule has 0 aromatic heterocycles. The molecule has 58 heavy (non-hydrogen) atoms. The second kappa shape index (κ2) is 41.4. The zero-order chi connectivity index (χ0) is 42.7. The Hall–Kier alpha value is -2.32. The molecule has 0 heterocycles. The predicted molar refractivity (Wildman–Crippen MR) is 247 cm³/mol. The summed E-state index contributed by atoms with van der Waals surface area (Å²) in [5.74, 6) is -0.333. The number of carbonyl (C=O) groups excluding carboxylic acids is 1. The van der Waals surface area contributed by atoms with Gasteiger partial charge in [-0.1, -0.05) is 170 Å². The maximum atomic E-state index is 12.7. The van der Waals surface area contributed by atoms with Gasteiger partial charge in [0.15, 0.2) is 0 Å². The van der Waals surface area contributed by atoms with Gasteiger partial charge in [-0.15, -0.1) is 0 Å². The number of esters is 1. The molecule has 0 aliphatic heterocycles. The van der Waals surface area contributed by atoms with Gasteiger partial charge in [-0.05, 0) is 70.6 Å². The van der Waals surface area contributed by atoms with E-state index in [-0.39, 0.29) is 25.8 Å². The molecule has 334 valence electrons. The van der Waals surface area contributed by atoms with Crippen molar-refractivity contribution in [2.24, 2.45) is 0 Å². The van der Waals surface area contributed by atoms with Gasteiger partial charge in [0.25, 0.3) is 0 Å². The summed E-state index contributed by atoms with van der Waals surface area (Å²) in [4.78, 5) is 22.9. The van der Waals surface area contributed by atoms with E-state index in [0.29, 0.717) is 24.1 Å². The monoisotopic (exact) mass is 833 g/mol. The third-order valence-electron chi connectivity index (χ3n) is 9.22. The summed E-state index contributed by atoms with van der Waals surface area (Å²) < 4.78 is 34.9. The number of ether oxygens (including phenoxy) is 2. The van der Waals surface area contributed by atoms with Gasteiger partial charge in [0, 0.05) is 13.0 Å². The Labute approximate surface area is 356 Å². The highest BCUT2D eigenvalue weighted by Gasteiger charge is 2.26. The van der Waals surface area contributed by atoms with Crippen LogP contribution in [0.25, 0.3) is 0 Å². The molecule has 0 rings (SSSR count). The molecule has 9 heteroatoms. The topological polar surface area (TPSA) is 91.3 Å². The summed E-state index contributed by atoms with van der Waals surface area (Å²) in [5, 5.41) is 0. The third kappa shape index (κ3) is 44.8. The van der Waals surface area contributed by atoms with E-state index in [2.05, 4.69) is 98.9 Å². The molecular weight excluding hydrogens is 746 g/mol. The minimum Gasteiger partial charge on any atom is -0.457 e. The van der Waals surface area contributed by atoms with Crippen molar-refractivity contribution in [2.45, 2.75) is 168 Å². The van der Waals surface area contributed by atoms with Crippen LogP contribution >= 0.6 is 7.82 Å². The summed E-state index contributed by atoms with van der Waals surface area (Å²) in [5.41, 5.74) is 0. The molecule has 0 spiro atoms. The number of allylic oxidation sites excluding steroid dienone is 14. The molecule has 0 fully saturated rings. The lowest BCUT2D eigenvalue weighted by Crippen LogP contribution is -2.37. The number of phosphoric ester groups is 1. The van der Waals surface area contributed by atoms with Crippen LogP contribution in [0.1, 0.15) is 162 Å². The molecule has 2 atom stereocenters. The molecule has 0 radical (unpaired) electrons. The van der Waals surface area contributed by atoms with Crippen LogP contribution in [-0.4, -0.2) is 75.6 Å². The van der Waals surface area contributed by atoms with Crippen LogP contribution in [0.3, 0.4) is 0 Å². The third-order valence-corrected chi connectivity index (χ3v) is 10.2. The molecule has 0 aromatic carbocycles. The van der Waals surface area contributed by atoms with Crippen LogP contribution in [0, 0.1) is 0 Å². The lowest BCUT2D eigenvalue weighted by Gasteiger charge is -2.24. The van der Waals surface area contributed by atoms with Gasteiger partial charge in [-0.3, -0.25) is 13.8 Å². The first kappa shape index (κ1) is 55.7. The Bertz CT molecular complexity index is 1200. The van der Waals surface area contributed by atoms with Crippen molar-refractivity contribution in [1.82, 2.24) is 0 Å². The predicted octanol–water partition coefficient (Wildman–Crippen LogP) is 13.7. The standard InChI is InChI=1S/C49H86NO7P/c1-6-8-10-12-14-16-18-20-21-22-23-24-25-26-27-28-29-30-31-33-35-37-39-41-44-54-46-48(47-56-58(52,53)55-45-43-50(3,4)5)57-49(51)42-40-38-36-34-32-19-17-15-13-11-9-7-2/h8,10,14,16,20-21,23-24,26-27,29-30,33,35,48H,6-7,9,11-13,15,17-19,22,25,28,31-32,34,36-47H2,1-5H3/p+1/b10-8-,16-14-,21-20-,24-23-,27-26-,30-29-,35-33-. The van der Waals surface area contributed by atoms with Crippen molar-refractivity contribution in [2.75, 3.05) is 54.1 Å². The van der Waals surface area contributed by atoms with Crippen molar-refractivity contribution in [3.05, 3.63) is 85.1 Å². The van der Waals surface area contributed by atoms with E-state index in [1.165, 1.54) is 57.8 Å². The second-order valence-electron chi connectivity index (χ2n) is 16.1. The average Bonchev–Trinajstić information content (AvgIpc) is 3.18. The summed E-state index contributed by atoms with van der Waals surface area (Å²) in [6.45, 7) is 5.37. The highest BCUT2D eigenvalue weighted by molar-refractivity contribution is 7.47. The van der Waals surface area contributed by atoms with E-state index in [1.54, 1.807) is 0 Å². The largest absolute Gasteiger partial charge is 0.472 e. The lowest BCUT2D eigenvalue weighted by atomic mass is 10.0. The Kier molecular flexibility index (Phi) is 39.8. The number of phosphoric acid groups is 1. The fourth-order valence-electron chi connectivity index (χ4n) is 5.71. The van der Waals surface area contributed by atoms with Crippen molar-refractivity contribution >= 4 is 13.8 Å². The van der Waals surface area contributed by atoms with Crippen LogP contribution in [-0.2, 0) is 27.9 Å². The van der Waals surface area contributed by atoms with E-state index in [9.17, 15) is 14.3 Å². The van der Waals surface area contributed by atoms with E-state index in [0.717, 1.165) is 83.5 Å². The highest BCUT2D eigenvalue weighted by Crippen LogP contribution is 2.43. The summed E-state index contributed by atoms with van der Waals surface area (Å²) in [7, 11) is 1.63. The molecule has 8 nitrogen and oxygen atoms in total. The van der Waals surface area contributed by atoms with E-state index in [4.69, 9.17) is 18.5 Å². The average molecular weight is 833 g/mol. The molecule has 1 N–H and O–H groups in total. The van der Waals surface area contributed by atoms with Crippen LogP contribution in [0.5, 0.6) is 0 Å². The van der Waals surface area contributed by atoms with Gasteiger partial charge >= 0.3 is 13.8 Å². The van der Waals surface area contributed by atoms with Crippen molar-refractivity contribution in [1.29, 1.82) is 0 Å². The summed E-state index contributed by atoms with van der Waals surface area (Å²) >= 11 is 0. The Morgan fingerprint density at radius 3 is 1.47 bits per heavy atom. The molecule has 0 saturated heterocycles. The van der Waals surface area contributed by atoms with Gasteiger partial charge in [-0.25, -0.2) is 4.57 Å². The fourth-order valence-corrected chi connectivity index (χ4v) is 6.45. The van der Waals surface area contributed by atoms with Crippen LogP contribution < -0.4 is 0 Å². The number of nitrogens with zero attached hydrogens (tertiary/aromatic N) is 1. The van der Waals surface area contributed by atoms with Gasteiger partial charge < -0.3 is 18.9 Å². The number of carbonyl (C=O) groups is 1. The minimum absolute atomic E-state index is 0.0764. The number of unbranched alkanes of at least 4 members (excludes halogenated alkanes) is 13. The van der Waals surface area contributed by atoms with Crippen molar-refractivity contribution < 1.29 is 37.3 Å². The maximum Gasteiger partial charge on any atom is 0.472 e. The van der Waals surface area contributed by atoms with E-state index in [1.807, 2.05) is 21.1 Å². The molecule has 2 unspecified atom stereocenters. The fraction of sp³-hybridized carbons (Fsp3) is 0.694. The Morgan fingerprint density at radius 2 is 1.00 bits per heavy atom. The Morgan fingerprint density at radius 1 is 0.552 bits per heavy atom. The lowest BCUT2D eigenvalue weighted by molar-refractivity contribution is -0.870. The number of rotatable bonds is 41. The first-order chi connectivity index (χ1) is 28.1. The van der Waals surface area contributed by atoms with Gasteiger partial charge in [-0.2, -0.15) is 0 Å². The SMILES string of the molecule is CC/C=C\C/C=C\C/C=C\C/C=C\C/C=C\C/C=C\C/C=C\CCCCOCC(COP(=O)(O)OCC[N+](C)(C)C)OC(=O)CCCCCCCCCCCCCC. The van der Waals surface area contributed by atoms with Crippen LogP contribution in [0.4, 0.5) is 0 Å². The number of hydrogen-bond donors (Lipinski definition) is 1.